The molecule has 6 heteroatoms. The van der Waals surface area contributed by atoms with E-state index in [0.717, 1.165) is 24.8 Å². The van der Waals surface area contributed by atoms with Gasteiger partial charge in [0.1, 0.15) is 0 Å². The van der Waals surface area contributed by atoms with Gasteiger partial charge in [0.2, 0.25) is 5.60 Å². The zero-order valence-electron chi connectivity index (χ0n) is 20.1. The van der Waals surface area contributed by atoms with Crippen LogP contribution in [0.1, 0.15) is 57.7 Å². The highest BCUT2D eigenvalue weighted by atomic mass is 16.5. The summed E-state index contributed by atoms with van der Waals surface area (Å²) in [5, 5.41) is 19.3. The molecule has 1 unspecified atom stereocenters. The van der Waals surface area contributed by atoms with E-state index in [1.165, 1.54) is 0 Å². The zero-order chi connectivity index (χ0) is 24.6. The second-order valence-corrected chi connectivity index (χ2v) is 10.3. The highest BCUT2D eigenvalue weighted by Crippen LogP contribution is 2.49. The van der Waals surface area contributed by atoms with Gasteiger partial charge in [0.05, 0.1) is 11.1 Å². The molecular weight excluding hydrogens is 428 g/mol. The molecule has 1 aliphatic carbocycles. The van der Waals surface area contributed by atoms with E-state index in [-0.39, 0.29) is 17.3 Å². The Labute approximate surface area is 199 Å². The maximum atomic E-state index is 13.5. The number of aliphatic hydroxyl groups is 1. The van der Waals surface area contributed by atoms with Crippen molar-refractivity contribution in [2.24, 2.45) is 5.41 Å². The number of fused-ring (bicyclic) bond motifs is 1. The fourth-order valence-electron chi connectivity index (χ4n) is 4.47. The highest BCUT2D eigenvalue weighted by molar-refractivity contribution is 6.01. The predicted molar refractivity (Wildman–Crippen MR) is 132 cm³/mol. The highest BCUT2D eigenvalue weighted by Gasteiger charge is 2.48. The molecule has 1 fully saturated rings. The third-order valence-corrected chi connectivity index (χ3v) is 6.46. The van der Waals surface area contributed by atoms with Gasteiger partial charge >= 0.3 is 5.63 Å². The van der Waals surface area contributed by atoms with Gasteiger partial charge in [-0.2, -0.15) is 0 Å². The fourth-order valence-corrected chi connectivity index (χ4v) is 4.47. The first kappa shape index (κ1) is 23.7. The summed E-state index contributed by atoms with van der Waals surface area (Å²) in [7, 11) is 0. The molecule has 1 aliphatic rings. The standard InChI is InChI=1S/C28H30N2O4/c1-19-23-17-21(11-12-22(23)24(31)34-30-19)29-25(32)28(33,16-15-26(2,3)4)18-27(13-8-14-27)20-9-6-5-7-10-20/h5-7,9-12,17,33H,8,13-14,18H2,1-4H3,(H,29,32). The van der Waals surface area contributed by atoms with E-state index in [1.807, 2.05) is 39.0 Å². The smallest absolute Gasteiger partial charge is 0.366 e. The van der Waals surface area contributed by atoms with Crippen molar-refractivity contribution in [1.29, 1.82) is 0 Å². The molecule has 0 radical (unpaired) electrons. The molecule has 6 nitrogen and oxygen atoms in total. The van der Waals surface area contributed by atoms with Crippen LogP contribution in [-0.2, 0) is 10.2 Å². The van der Waals surface area contributed by atoms with Crippen molar-refractivity contribution in [2.75, 3.05) is 5.32 Å². The molecule has 0 saturated heterocycles. The van der Waals surface area contributed by atoms with Crippen LogP contribution in [0.25, 0.3) is 10.8 Å². The van der Waals surface area contributed by atoms with E-state index < -0.39 is 17.1 Å². The van der Waals surface area contributed by atoms with E-state index in [2.05, 4.69) is 34.4 Å². The van der Waals surface area contributed by atoms with Gasteiger partial charge in [-0.25, -0.2) is 4.79 Å². The molecule has 3 aromatic rings. The number of anilines is 1. The molecule has 4 rings (SSSR count). The lowest BCUT2D eigenvalue weighted by Crippen LogP contribution is -2.50. The van der Waals surface area contributed by atoms with Gasteiger partial charge in [-0.05, 0) is 69.7 Å². The van der Waals surface area contributed by atoms with Crippen LogP contribution in [0.4, 0.5) is 5.69 Å². The second kappa shape index (κ2) is 8.73. The van der Waals surface area contributed by atoms with Crippen LogP contribution in [0.5, 0.6) is 0 Å². The molecule has 176 valence electrons. The Balaban J connectivity index is 1.70. The third-order valence-electron chi connectivity index (χ3n) is 6.46. The fraction of sp³-hybridized carbons (Fsp3) is 0.393. The molecule has 1 atom stereocenters. The van der Waals surface area contributed by atoms with Crippen molar-refractivity contribution in [3.05, 3.63) is 70.2 Å². The Bertz CT molecular complexity index is 1340. The van der Waals surface area contributed by atoms with Crippen molar-refractivity contribution in [1.82, 2.24) is 5.16 Å². The van der Waals surface area contributed by atoms with Gasteiger partial charge in [-0.1, -0.05) is 53.8 Å². The molecule has 1 aromatic heterocycles. The zero-order valence-corrected chi connectivity index (χ0v) is 20.1. The van der Waals surface area contributed by atoms with E-state index in [9.17, 15) is 14.7 Å². The number of hydrogen-bond acceptors (Lipinski definition) is 5. The minimum Gasteiger partial charge on any atom is -0.369 e. The van der Waals surface area contributed by atoms with Gasteiger partial charge < -0.3 is 14.9 Å². The van der Waals surface area contributed by atoms with Crippen molar-refractivity contribution in [2.45, 2.75) is 64.4 Å². The van der Waals surface area contributed by atoms with Gasteiger partial charge in [0.15, 0.2) is 0 Å². The molecule has 34 heavy (non-hydrogen) atoms. The number of rotatable bonds is 5. The molecule has 0 spiro atoms. The average molecular weight is 459 g/mol. The molecule has 2 N–H and O–H groups in total. The monoisotopic (exact) mass is 458 g/mol. The largest absolute Gasteiger partial charge is 0.369 e. The predicted octanol–water partition coefficient (Wildman–Crippen LogP) is 4.73. The summed E-state index contributed by atoms with van der Waals surface area (Å²) < 4.78 is 4.77. The minimum absolute atomic E-state index is 0.205. The molecule has 1 heterocycles. The number of aromatic nitrogens is 1. The maximum Gasteiger partial charge on any atom is 0.366 e. The number of nitrogens with one attached hydrogen (secondary N) is 1. The number of amides is 1. The minimum atomic E-state index is -1.89. The first-order valence-corrected chi connectivity index (χ1v) is 11.6. The van der Waals surface area contributed by atoms with E-state index >= 15 is 0 Å². The van der Waals surface area contributed by atoms with Crippen LogP contribution in [0.15, 0.2) is 57.8 Å². The Morgan fingerprint density at radius 3 is 2.44 bits per heavy atom. The van der Waals surface area contributed by atoms with Gasteiger partial charge in [-0.3, -0.25) is 4.79 Å². The summed E-state index contributed by atoms with van der Waals surface area (Å²) in [5.74, 6) is 5.41. The lowest BCUT2D eigenvalue weighted by Gasteiger charge is -2.45. The molecule has 1 saturated carbocycles. The molecule has 0 aliphatic heterocycles. The summed E-state index contributed by atoms with van der Waals surface area (Å²) >= 11 is 0. The molecule has 1 amide bonds. The number of hydrogen-bond donors (Lipinski definition) is 2. The van der Waals surface area contributed by atoms with Crippen LogP contribution in [-0.4, -0.2) is 21.8 Å². The lowest BCUT2D eigenvalue weighted by molar-refractivity contribution is -0.131. The van der Waals surface area contributed by atoms with Crippen molar-refractivity contribution < 1.29 is 14.4 Å². The SMILES string of the molecule is Cc1noc(=O)c2ccc(NC(=O)C(O)(C#CC(C)(C)C)CC3(c4ccccc4)CCC3)cc12. The van der Waals surface area contributed by atoms with Crippen LogP contribution < -0.4 is 10.9 Å². The quantitative estimate of drug-likeness (QED) is 0.540. The van der Waals surface area contributed by atoms with Crippen molar-refractivity contribution in [3.8, 4) is 11.8 Å². The molecular formula is C28H30N2O4. The Hall–Kier alpha value is -3.43. The van der Waals surface area contributed by atoms with Crippen LogP contribution >= 0.6 is 0 Å². The summed E-state index contributed by atoms with van der Waals surface area (Å²) in [6, 6.07) is 14.9. The van der Waals surface area contributed by atoms with E-state index in [4.69, 9.17) is 4.52 Å². The van der Waals surface area contributed by atoms with Crippen LogP contribution in [0.2, 0.25) is 0 Å². The second-order valence-electron chi connectivity index (χ2n) is 10.3. The number of carbonyl (C=O) groups excluding carboxylic acids is 1. The van der Waals surface area contributed by atoms with Gasteiger partial charge in [0.25, 0.3) is 5.91 Å². The Kier molecular flexibility index (Phi) is 6.09. The van der Waals surface area contributed by atoms with Crippen LogP contribution in [0, 0.1) is 24.2 Å². The number of nitrogens with zero attached hydrogens (tertiary/aromatic N) is 1. The number of benzene rings is 2. The number of carbonyl (C=O) groups is 1. The Morgan fingerprint density at radius 2 is 1.82 bits per heavy atom. The summed E-state index contributed by atoms with van der Waals surface area (Å²) in [6.45, 7) is 7.56. The van der Waals surface area contributed by atoms with E-state index in [0.29, 0.717) is 22.2 Å². The Morgan fingerprint density at radius 1 is 1.12 bits per heavy atom. The van der Waals surface area contributed by atoms with Crippen molar-refractivity contribution >= 4 is 22.4 Å². The molecule has 0 bridgehead atoms. The average Bonchev–Trinajstić information content (AvgIpc) is 2.78. The van der Waals surface area contributed by atoms with E-state index in [1.54, 1.807) is 25.1 Å². The third kappa shape index (κ3) is 4.76. The first-order chi connectivity index (χ1) is 16.0. The normalized spacial score (nSPS) is 16.6. The van der Waals surface area contributed by atoms with Gasteiger partial charge in [-0.15, -0.1) is 0 Å². The summed E-state index contributed by atoms with van der Waals surface area (Å²) in [4.78, 5) is 25.5. The first-order valence-electron chi connectivity index (χ1n) is 11.6. The summed E-state index contributed by atoms with van der Waals surface area (Å²) in [6.07, 6.45) is 3.02. The topological polar surface area (TPSA) is 92.4 Å². The number of aryl methyl sites for hydroxylation is 1. The lowest BCUT2D eigenvalue weighted by atomic mass is 9.59. The summed E-state index contributed by atoms with van der Waals surface area (Å²) in [5.41, 5.74) is -1.01. The maximum absolute atomic E-state index is 13.5. The van der Waals surface area contributed by atoms with Gasteiger partial charge in [0, 0.05) is 22.9 Å². The molecule has 2 aromatic carbocycles. The van der Waals surface area contributed by atoms with Crippen molar-refractivity contribution in [3.63, 3.8) is 0 Å². The van der Waals surface area contributed by atoms with Crippen LogP contribution in [0.3, 0.4) is 0 Å².